The number of aromatic hydroxyl groups is 1. The number of ether oxygens (including phenoxy) is 1. The fraction of sp³-hybridized carbons (Fsp3) is 0.391. The summed E-state index contributed by atoms with van der Waals surface area (Å²) in [5.41, 5.74) is 0.0326. The minimum Gasteiger partial charge on any atom is -0.506 e. The molecule has 36 heavy (non-hydrogen) atoms. The molecule has 1 amide bonds. The van der Waals surface area contributed by atoms with Crippen LogP contribution >= 0.6 is 0 Å². The SMILES string of the molecule is O=C(Nc1cc(S(=O)(=O)NC2=NCCCCC2)ccc1O)c1ccc(S(=O)(=O)N2CCOCC2)cc1. The van der Waals surface area contributed by atoms with Gasteiger partial charge in [0, 0.05) is 31.6 Å². The van der Waals surface area contributed by atoms with Crippen molar-refractivity contribution in [3.05, 3.63) is 48.0 Å². The van der Waals surface area contributed by atoms with E-state index in [1.807, 2.05) is 0 Å². The van der Waals surface area contributed by atoms with E-state index in [4.69, 9.17) is 4.74 Å². The van der Waals surface area contributed by atoms with E-state index in [-0.39, 0.29) is 39.9 Å². The van der Waals surface area contributed by atoms with Gasteiger partial charge in [0.15, 0.2) is 0 Å². The molecule has 0 saturated carbocycles. The summed E-state index contributed by atoms with van der Waals surface area (Å²) < 4.78 is 60.2. The first-order valence-electron chi connectivity index (χ1n) is 11.6. The van der Waals surface area contributed by atoms with Gasteiger partial charge in [-0.25, -0.2) is 16.8 Å². The zero-order valence-corrected chi connectivity index (χ0v) is 21.1. The maximum absolute atomic E-state index is 12.8. The Morgan fingerprint density at radius 2 is 1.64 bits per heavy atom. The summed E-state index contributed by atoms with van der Waals surface area (Å²) in [5, 5.41) is 12.7. The van der Waals surface area contributed by atoms with Crippen molar-refractivity contribution < 1.29 is 31.5 Å². The summed E-state index contributed by atoms with van der Waals surface area (Å²) in [4.78, 5) is 16.9. The zero-order chi connectivity index (χ0) is 25.8. The largest absolute Gasteiger partial charge is 0.506 e. The van der Waals surface area contributed by atoms with E-state index in [1.165, 1.54) is 40.7 Å². The van der Waals surface area contributed by atoms with Gasteiger partial charge in [0.25, 0.3) is 15.9 Å². The van der Waals surface area contributed by atoms with Crippen molar-refractivity contribution >= 4 is 37.5 Å². The number of hydrogen-bond donors (Lipinski definition) is 3. The van der Waals surface area contributed by atoms with E-state index in [9.17, 15) is 26.7 Å². The van der Waals surface area contributed by atoms with Crippen LogP contribution in [0.25, 0.3) is 0 Å². The normalized spacial score (nSPS) is 17.6. The summed E-state index contributed by atoms with van der Waals surface area (Å²) in [5.74, 6) is -0.574. The highest BCUT2D eigenvalue weighted by Gasteiger charge is 2.26. The Morgan fingerprint density at radius 3 is 2.36 bits per heavy atom. The number of morpholine rings is 1. The molecule has 0 spiro atoms. The number of phenols is 1. The van der Waals surface area contributed by atoms with Gasteiger partial charge in [0.2, 0.25) is 10.0 Å². The van der Waals surface area contributed by atoms with Gasteiger partial charge in [-0.05, 0) is 55.3 Å². The standard InChI is InChI=1S/C23H28N4O7S2/c28-21-10-9-19(35(30,31)26-22-4-2-1-3-11-24-22)16-20(21)25-23(29)17-5-7-18(8-6-17)36(32,33)27-12-14-34-15-13-27/h5-10,16,28H,1-4,11-15H2,(H,24,26)(H,25,29). The minimum atomic E-state index is -3.97. The second kappa shape index (κ2) is 10.9. The lowest BCUT2D eigenvalue weighted by atomic mass is 10.2. The van der Waals surface area contributed by atoms with Gasteiger partial charge >= 0.3 is 0 Å². The Hall–Kier alpha value is -3.00. The molecule has 0 aliphatic carbocycles. The molecule has 1 fully saturated rings. The molecule has 0 atom stereocenters. The van der Waals surface area contributed by atoms with Crippen molar-refractivity contribution in [1.29, 1.82) is 0 Å². The van der Waals surface area contributed by atoms with Crippen molar-refractivity contribution in [3.63, 3.8) is 0 Å². The van der Waals surface area contributed by atoms with Crippen molar-refractivity contribution in [1.82, 2.24) is 9.03 Å². The summed E-state index contributed by atoms with van der Waals surface area (Å²) >= 11 is 0. The second-order valence-electron chi connectivity index (χ2n) is 8.42. The van der Waals surface area contributed by atoms with E-state index < -0.39 is 26.0 Å². The summed E-state index contributed by atoms with van der Waals surface area (Å²) in [6.45, 7) is 1.71. The van der Waals surface area contributed by atoms with Gasteiger partial charge in [-0.15, -0.1) is 0 Å². The van der Waals surface area contributed by atoms with Crippen molar-refractivity contribution in [2.24, 2.45) is 4.99 Å². The molecule has 0 bridgehead atoms. The van der Waals surface area contributed by atoms with Crippen LogP contribution in [0.3, 0.4) is 0 Å². The number of aliphatic imine (C=N–C) groups is 1. The fourth-order valence-corrected chi connectivity index (χ4v) is 6.39. The maximum Gasteiger partial charge on any atom is 0.262 e. The lowest BCUT2D eigenvalue weighted by molar-refractivity contribution is 0.0730. The van der Waals surface area contributed by atoms with Crippen molar-refractivity contribution in [2.75, 3.05) is 38.2 Å². The quantitative estimate of drug-likeness (QED) is 0.477. The first-order valence-corrected chi connectivity index (χ1v) is 14.5. The van der Waals surface area contributed by atoms with Crippen LogP contribution in [-0.4, -0.2) is 70.8 Å². The molecule has 4 rings (SSSR count). The smallest absolute Gasteiger partial charge is 0.262 e. The fourth-order valence-electron chi connectivity index (χ4n) is 3.86. The number of anilines is 1. The highest BCUT2D eigenvalue weighted by molar-refractivity contribution is 7.90. The molecule has 194 valence electrons. The number of phenolic OH excluding ortho intramolecular Hbond substituents is 1. The lowest BCUT2D eigenvalue weighted by Crippen LogP contribution is -2.40. The van der Waals surface area contributed by atoms with Gasteiger partial charge in [-0.1, -0.05) is 6.42 Å². The number of nitrogens with one attached hydrogen (secondary N) is 2. The van der Waals surface area contributed by atoms with Gasteiger partial charge in [-0.3, -0.25) is 14.5 Å². The molecule has 0 radical (unpaired) electrons. The van der Waals surface area contributed by atoms with E-state index in [2.05, 4.69) is 15.0 Å². The number of benzene rings is 2. The van der Waals surface area contributed by atoms with Gasteiger partial charge in [-0.2, -0.15) is 4.31 Å². The summed E-state index contributed by atoms with van der Waals surface area (Å²) in [6.07, 6.45) is 3.24. The van der Waals surface area contributed by atoms with Gasteiger partial charge in [0.05, 0.1) is 28.7 Å². The van der Waals surface area contributed by atoms with Crippen LogP contribution in [0.4, 0.5) is 5.69 Å². The Kier molecular flexibility index (Phi) is 7.93. The third kappa shape index (κ3) is 6.03. The first-order chi connectivity index (χ1) is 17.2. The van der Waals surface area contributed by atoms with Gasteiger partial charge < -0.3 is 15.2 Å². The monoisotopic (exact) mass is 536 g/mol. The number of hydrogen-bond acceptors (Lipinski definition) is 8. The summed E-state index contributed by atoms with van der Waals surface area (Å²) in [6, 6.07) is 8.94. The van der Waals surface area contributed by atoms with Crippen molar-refractivity contribution in [2.45, 2.75) is 35.5 Å². The van der Waals surface area contributed by atoms with Crippen LogP contribution in [0.15, 0.2) is 57.2 Å². The number of rotatable bonds is 6. The number of amidine groups is 1. The number of amides is 1. The van der Waals surface area contributed by atoms with Crippen LogP contribution in [-0.2, 0) is 24.8 Å². The lowest BCUT2D eigenvalue weighted by Gasteiger charge is -2.26. The van der Waals surface area contributed by atoms with Crippen LogP contribution in [0.1, 0.15) is 36.0 Å². The van der Waals surface area contributed by atoms with E-state index >= 15 is 0 Å². The summed E-state index contributed by atoms with van der Waals surface area (Å²) in [7, 11) is -7.68. The van der Waals surface area contributed by atoms with E-state index in [1.54, 1.807) is 0 Å². The molecule has 2 aromatic carbocycles. The minimum absolute atomic E-state index is 0.0457. The Balaban J connectivity index is 1.48. The van der Waals surface area contributed by atoms with Crippen LogP contribution < -0.4 is 10.0 Å². The topological polar surface area (TPSA) is 154 Å². The Bertz CT molecular complexity index is 1350. The third-order valence-electron chi connectivity index (χ3n) is 5.88. The zero-order valence-electron chi connectivity index (χ0n) is 19.5. The molecule has 2 aliphatic rings. The molecular formula is C23H28N4O7S2. The number of carbonyl (C=O) groups excluding carboxylic acids is 1. The third-order valence-corrected chi connectivity index (χ3v) is 9.17. The average Bonchev–Trinajstić information content (AvgIpc) is 3.14. The van der Waals surface area contributed by atoms with Crippen LogP contribution in [0.2, 0.25) is 0 Å². The van der Waals surface area contributed by atoms with E-state index in [0.717, 1.165) is 25.3 Å². The second-order valence-corrected chi connectivity index (χ2v) is 12.0. The molecule has 0 unspecified atom stereocenters. The van der Waals surface area contributed by atoms with Crippen molar-refractivity contribution in [3.8, 4) is 5.75 Å². The predicted octanol–water partition coefficient (Wildman–Crippen LogP) is 1.92. The predicted molar refractivity (Wildman–Crippen MR) is 133 cm³/mol. The highest BCUT2D eigenvalue weighted by Crippen LogP contribution is 2.27. The van der Waals surface area contributed by atoms with Crippen LogP contribution in [0.5, 0.6) is 5.75 Å². The molecule has 1 saturated heterocycles. The number of sulfonamides is 2. The molecule has 0 aromatic heterocycles. The maximum atomic E-state index is 12.8. The Labute approximate surface area is 210 Å². The van der Waals surface area contributed by atoms with Crippen LogP contribution in [0, 0.1) is 0 Å². The molecular weight excluding hydrogens is 508 g/mol. The molecule has 2 aromatic rings. The first kappa shape index (κ1) is 26.1. The highest BCUT2D eigenvalue weighted by atomic mass is 32.2. The average molecular weight is 537 g/mol. The number of carbonyl (C=O) groups is 1. The molecule has 3 N–H and O–H groups in total. The molecule has 13 heteroatoms. The molecule has 2 aliphatic heterocycles. The molecule has 11 nitrogen and oxygen atoms in total. The van der Waals surface area contributed by atoms with Gasteiger partial charge in [0.1, 0.15) is 11.6 Å². The van der Waals surface area contributed by atoms with E-state index in [0.29, 0.717) is 32.0 Å². The molecule has 2 heterocycles. The Morgan fingerprint density at radius 1 is 0.944 bits per heavy atom. The number of nitrogens with zero attached hydrogens (tertiary/aromatic N) is 2.